The lowest BCUT2D eigenvalue weighted by atomic mass is 9.96. The quantitative estimate of drug-likeness (QED) is 0.152. The van der Waals surface area contributed by atoms with E-state index >= 15 is 0 Å². The molecular weight excluding hydrogens is 511 g/mol. The van der Waals surface area contributed by atoms with Gasteiger partial charge < -0.3 is 9.84 Å². The second-order valence-corrected chi connectivity index (χ2v) is 8.12. The van der Waals surface area contributed by atoms with E-state index in [-0.39, 0.29) is 5.75 Å². The summed E-state index contributed by atoms with van der Waals surface area (Å²) in [7, 11) is 0. The number of fused-ring (bicyclic) bond motifs is 1. The van der Waals surface area contributed by atoms with Gasteiger partial charge in [-0.2, -0.15) is 0 Å². The zero-order chi connectivity index (χ0) is 22.4. The van der Waals surface area contributed by atoms with E-state index < -0.39 is 24.0 Å². The first kappa shape index (κ1) is 22.6. The number of ether oxygens (including phenoxy) is 1. The standard InChI is InChI=1S/C23H21IN2O5/c1-14(9-12-21(28)26-30)22(18-13-16(24)10-11-20(18)27)31-23(29)25-19-8-4-6-15-5-2-3-7-17(15)19/h2-14,22,27,30H,1H3,(H,25,29)(H,26,28)/b12-9+/t14-,22+/m0/s1. The highest BCUT2D eigenvalue weighted by Gasteiger charge is 2.25. The minimum atomic E-state index is -0.882. The maximum absolute atomic E-state index is 12.8. The number of benzene rings is 3. The van der Waals surface area contributed by atoms with Gasteiger partial charge in [0, 0.05) is 26.5 Å². The maximum atomic E-state index is 12.8. The van der Waals surface area contributed by atoms with E-state index in [2.05, 4.69) is 27.9 Å². The zero-order valence-corrected chi connectivity index (χ0v) is 18.7. The van der Waals surface area contributed by atoms with Crippen molar-refractivity contribution in [2.75, 3.05) is 5.32 Å². The van der Waals surface area contributed by atoms with Gasteiger partial charge in [0.25, 0.3) is 5.91 Å². The lowest BCUT2D eigenvalue weighted by Crippen LogP contribution is -2.22. The molecule has 2 amide bonds. The average Bonchev–Trinajstić information content (AvgIpc) is 2.77. The number of carbonyl (C=O) groups is 2. The molecule has 0 aliphatic rings. The molecule has 0 saturated carbocycles. The Hall–Kier alpha value is -3.11. The highest BCUT2D eigenvalue weighted by molar-refractivity contribution is 14.1. The van der Waals surface area contributed by atoms with Crippen molar-refractivity contribution in [2.45, 2.75) is 13.0 Å². The molecule has 7 nitrogen and oxygen atoms in total. The number of nitrogens with one attached hydrogen (secondary N) is 2. The molecule has 4 N–H and O–H groups in total. The summed E-state index contributed by atoms with van der Waals surface area (Å²) in [6, 6.07) is 18.1. The highest BCUT2D eigenvalue weighted by atomic mass is 127. The van der Waals surface area contributed by atoms with Crippen LogP contribution >= 0.6 is 22.6 Å². The summed E-state index contributed by atoms with van der Waals surface area (Å²) in [5.74, 6) is -1.23. The number of aromatic hydroxyl groups is 1. The highest BCUT2D eigenvalue weighted by Crippen LogP contribution is 2.35. The van der Waals surface area contributed by atoms with Crippen LogP contribution in [0, 0.1) is 9.49 Å². The molecule has 0 fully saturated rings. The molecule has 160 valence electrons. The molecule has 0 heterocycles. The summed E-state index contributed by atoms with van der Waals surface area (Å²) < 4.78 is 6.54. The Morgan fingerprint density at radius 2 is 1.84 bits per heavy atom. The number of carbonyl (C=O) groups excluding carboxylic acids is 2. The first-order valence-corrected chi connectivity index (χ1v) is 10.5. The van der Waals surface area contributed by atoms with E-state index in [4.69, 9.17) is 9.94 Å². The van der Waals surface area contributed by atoms with Gasteiger partial charge >= 0.3 is 6.09 Å². The number of hydrogen-bond acceptors (Lipinski definition) is 5. The molecule has 0 spiro atoms. The number of phenolic OH excluding ortho intramolecular Hbond substituents is 1. The molecule has 3 aromatic rings. The second kappa shape index (κ2) is 10.3. The Labute approximate surface area is 192 Å². The van der Waals surface area contributed by atoms with Gasteiger partial charge in [-0.3, -0.25) is 15.3 Å². The van der Waals surface area contributed by atoms with Crippen LogP contribution in [-0.2, 0) is 9.53 Å². The third kappa shape index (κ3) is 5.74. The van der Waals surface area contributed by atoms with Gasteiger partial charge in [-0.15, -0.1) is 0 Å². The van der Waals surface area contributed by atoms with Crippen LogP contribution in [0.25, 0.3) is 10.8 Å². The van der Waals surface area contributed by atoms with Gasteiger partial charge in [-0.1, -0.05) is 49.4 Å². The van der Waals surface area contributed by atoms with Crippen LogP contribution in [0.4, 0.5) is 10.5 Å². The van der Waals surface area contributed by atoms with Gasteiger partial charge in [0.1, 0.15) is 11.9 Å². The largest absolute Gasteiger partial charge is 0.508 e. The van der Waals surface area contributed by atoms with E-state index in [1.165, 1.54) is 17.6 Å². The fourth-order valence-electron chi connectivity index (χ4n) is 3.17. The van der Waals surface area contributed by atoms with Crippen molar-refractivity contribution in [3.8, 4) is 5.75 Å². The minimum Gasteiger partial charge on any atom is -0.508 e. The topological polar surface area (TPSA) is 108 Å². The molecule has 3 rings (SSSR count). The molecule has 0 unspecified atom stereocenters. The number of amides is 2. The summed E-state index contributed by atoms with van der Waals surface area (Å²) in [4.78, 5) is 24.1. The van der Waals surface area contributed by atoms with E-state index in [9.17, 15) is 14.7 Å². The van der Waals surface area contributed by atoms with Crippen molar-refractivity contribution in [3.05, 3.63) is 81.9 Å². The molecule has 8 heteroatoms. The van der Waals surface area contributed by atoms with E-state index in [1.807, 2.05) is 36.4 Å². The summed E-state index contributed by atoms with van der Waals surface area (Å²) in [5.41, 5.74) is 2.51. The first-order valence-electron chi connectivity index (χ1n) is 9.45. The van der Waals surface area contributed by atoms with Crippen LogP contribution in [0.2, 0.25) is 0 Å². The van der Waals surface area contributed by atoms with Gasteiger partial charge in [-0.05, 0) is 52.2 Å². The number of halogens is 1. The van der Waals surface area contributed by atoms with Crippen molar-refractivity contribution >= 4 is 51.1 Å². The predicted octanol–water partition coefficient (Wildman–Crippen LogP) is 5.14. The molecule has 3 aromatic carbocycles. The Morgan fingerprint density at radius 3 is 2.61 bits per heavy atom. The monoisotopic (exact) mass is 532 g/mol. The predicted molar refractivity (Wildman–Crippen MR) is 126 cm³/mol. The van der Waals surface area contributed by atoms with Crippen LogP contribution in [-0.4, -0.2) is 22.3 Å². The third-order valence-corrected chi connectivity index (χ3v) is 5.37. The van der Waals surface area contributed by atoms with Crippen LogP contribution in [0.1, 0.15) is 18.6 Å². The third-order valence-electron chi connectivity index (χ3n) is 4.70. The normalized spacial score (nSPS) is 13.0. The van der Waals surface area contributed by atoms with Crippen molar-refractivity contribution in [1.82, 2.24) is 5.48 Å². The van der Waals surface area contributed by atoms with Crippen LogP contribution in [0.15, 0.2) is 72.8 Å². The number of anilines is 1. The smallest absolute Gasteiger partial charge is 0.412 e. The van der Waals surface area contributed by atoms with Gasteiger partial charge in [-0.25, -0.2) is 10.3 Å². The summed E-state index contributed by atoms with van der Waals surface area (Å²) >= 11 is 2.10. The van der Waals surface area contributed by atoms with Gasteiger partial charge in [0.05, 0.1) is 5.69 Å². The van der Waals surface area contributed by atoms with Crippen LogP contribution < -0.4 is 10.8 Å². The van der Waals surface area contributed by atoms with Crippen LogP contribution in [0.5, 0.6) is 5.75 Å². The number of hydrogen-bond donors (Lipinski definition) is 4. The molecule has 0 radical (unpaired) electrons. The molecule has 0 saturated heterocycles. The van der Waals surface area contributed by atoms with E-state index in [0.29, 0.717) is 11.3 Å². The van der Waals surface area contributed by atoms with Gasteiger partial charge in [0.15, 0.2) is 0 Å². The van der Waals surface area contributed by atoms with Crippen LogP contribution in [0.3, 0.4) is 0 Å². The molecular formula is C23H21IN2O5. The van der Waals surface area contributed by atoms with Gasteiger partial charge in [0.2, 0.25) is 0 Å². The van der Waals surface area contributed by atoms with E-state index in [0.717, 1.165) is 20.4 Å². The van der Waals surface area contributed by atoms with E-state index in [1.54, 1.807) is 25.1 Å². The zero-order valence-electron chi connectivity index (χ0n) is 16.6. The first-order chi connectivity index (χ1) is 14.9. The number of phenols is 1. The Bertz CT molecular complexity index is 1130. The fourth-order valence-corrected chi connectivity index (χ4v) is 3.69. The second-order valence-electron chi connectivity index (χ2n) is 6.88. The molecule has 31 heavy (non-hydrogen) atoms. The van der Waals surface area contributed by atoms with Crippen molar-refractivity contribution in [3.63, 3.8) is 0 Å². The molecule has 0 aromatic heterocycles. The molecule has 0 aliphatic heterocycles. The summed E-state index contributed by atoms with van der Waals surface area (Å²) in [6.45, 7) is 1.73. The van der Waals surface area contributed by atoms with Crippen molar-refractivity contribution in [1.29, 1.82) is 0 Å². The summed E-state index contributed by atoms with van der Waals surface area (Å²) in [6.07, 6.45) is 1.04. The lowest BCUT2D eigenvalue weighted by molar-refractivity contribution is -0.124. The average molecular weight is 532 g/mol. The van der Waals surface area contributed by atoms with Crippen molar-refractivity contribution in [2.24, 2.45) is 5.92 Å². The number of rotatable bonds is 6. The number of hydroxylamine groups is 1. The molecule has 0 bridgehead atoms. The molecule has 0 aliphatic carbocycles. The minimum absolute atomic E-state index is 0.0322. The Kier molecular flexibility index (Phi) is 7.48. The SMILES string of the molecule is C[C@@H](/C=C/C(=O)NO)[C@@H](OC(=O)Nc1cccc2ccccc12)c1cc(I)ccc1O. The van der Waals surface area contributed by atoms with Crippen molar-refractivity contribution < 1.29 is 24.6 Å². The summed E-state index contributed by atoms with van der Waals surface area (Å²) in [5, 5.41) is 23.7. The maximum Gasteiger partial charge on any atom is 0.412 e. The Morgan fingerprint density at radius 1 is 1.10 bits per heavy atom. The fraction of sp³-hybridized carbons (Fsp3) is 0.130. The molecule has 2 atom stereocenters. The lowest BCUT2D eigenvalue weighted by Gasteiger charge is -2.24. The Balaban J connectivity index is 1.88.